The van der Waals surface area contributed by atoms with Gasteiger partial charge in [-0.1, -0.05) is 26.8 Å². The van der Waals surface area contributed by atoms with Gasteiger partial charge in [0.05, 0.1) is 20.8 Å². The second-order valence-electron chi connectivity index (χ2n) is 6.47. The van der Waals surface area contributed by atoms with Crippen molar-refractivity contribution in [3.63, 3.8) is 0 Å². The minimum absolute atomic E-state index is 0.110. The molecule has 2 nitrogen and oxygen atoms in total. The molecule has 3 heteroatoms. The van der Waals surface area contributed by atoms with Crippen LogP contribution >= 0.6 is 11.3 Å². The van der Waals surface area contributed by atoms with E-state index in [9.17, 15) is 5.11 Å². The lowest BCUT2D eigenvalue weighted by molar-refractivity contribution is 0.151. The van der Waals surface area contributed by atoms with Gasteiger partial charge in [0.25, 0.3) is 0 Å². The highest BCUT2D eigenvalue weighted by Crippen LogP contribution is 2.39. The molecule has 0 atom stereocenters. The van der Waals surface area contributed by atoms with Gasteiger partial charge >= 0.3 is 0 Å². The third-order valence-electron chi connectivity index (χ3n) is 3.45. The highest BCUT2D eigenvalue weighted by Gasteiger charge is 2.40. The van der Waals surface area contributed by atoms with E-state index in [-0.39, 0.29) is 5.41 Å². The Morgan fingerprint density at radius 2 is 2.06 bits per heavy atom. The normalized spacial score (nSPS) is 18.2. The molecule has 0 unspecified atom stereocenters. The molecule has 1 aromatic carbocycles. The highest BCUT2D eigenvalue weighted by atomic mass is 32.1. The number of fused-ring (bicyclic) bond motifs is 1. The zero-order valence-electron chi connectivity index (χ0n) is 11.2. The number of nitrogens with zero attached hydrogens (tertiary/aromatic N) is 1. The van der Waals surface area contributed by atoms with Crippen LogP contribution < -0.4 is 0 Å². The maximum atomic E-state index is 9.98. The monoisotopic (exact) mass is 261 g/mol. The zero-order valence-corrected chi connectivity index (χ0v) is 12.0. The van der Waals surface area contributed by atoms with Gasteiger partial charge in [-0.05, 0) is 30.5 Å². The largest absolute Gasteiger partial charge is 0.390 e. The maximum absolute atomic E-state index is 9.98. The van der Waals surface area contributed by atoms with Crippen molar-refractivity contribution < 1.29 is 5.11 Å². The van der Waals surface area contributed by atoms with Crippen molar-refractivity contribution in [2.24, 2.45) is 0 Å². The van der Waals surface area contributed by atoms with E-state index in [0.29, 0.717) is 0 Å². The van der Waals surface area contributed by atoms with Gasteiger partial charge in [0.15, 0.2) is 0 Å². The van der Waals surface area contributed by atoms with Gasteiger partial charge in [-0.15, -0.1) is 11.3 Å². The molecule has 0 radical (unpaired) electrons. The number of hydrogen-bond donors (Lipinski definition) is 1. The SMILES string of the molecule is CC(C)(C)c1nc2ccc(CC3(O)CC3)cc2s1. The summed E-state index contributed by atoms with van der Waals surface area (Å²) in [5.41, 5.74) is 2.01. The molecule has 18 heavy (non-hydrogen) atoms. The first-order valence-electron chi connectivity index (χ1n) is 6.48. The van der Waals surface area contributed by atoms with E-state index < -0.39 is 5.60 Å². The molecule has 1 saturated carbocycles. The van der Waals surface area contributed by atoms with Gasteiger partial charge in [-0.2, -0.15) is 0 Å². The van der Waals surface area contributed by atoms with Gasteiger partial charge in [-0.3, -0.25) is 0 Å². The lowest BCUT2D eigenvalue weighted by Crippen LogP contribution is -2.10. The van der Waals surface area contributed by atoms with E-state index in [1.165, 1.54) is 15.3 Å². The Kier molecular flexibility index (Phi) is 2.55. The van der Waals surface area contributed by atoms with E-state index in [2.05, 4.69) is 39.0 Å². The first-order chi connectivity index (χ1) is 8.36. The lowest BCUT2D eigenvalue weighted by atomic mass is 9.98. The number of aliphatic hydroxyl groups is 1. The van der Waals surface area contributed by atoms with Crippen molar-refractivity contribution in [1.82, 2.24) is 4.98 Å². The Morgan fingerprint density at radius 1 is 1.33 bits per heavy atom. The van der Waals surface area contributed by atoms with Gasteiger partial charge in [0.2, 0.25) is 0 Å². The van der Waals surface area contributed by atoms with Crippen molar-refractivity contribution in [3.05, 3.63) is 28.8 Å². The molecule has 1 N–H and O–H groups in total. The van der Waals surface area contributed by atoms with Crippen LogP contribution in [0.25, 0.3) is 10.2 Å². The summed E-state index contributed by atoms with van der Waals surface area (Å²) >= 11 is 1.77. The molecule has 0 amide bonds. The van der Waals surface area contributed by atoms with Crippen LogP contribution in [0.5, 0.6) is 0 Å². The topological polar surface area (TPSA) is 33.1 Å². The third kappa shape index (κ3) is 2.29. The lowest BCUT2D eigenvalue weighted by Gasteiger charge is -2.13. The molecule has 0 aliphatic heterocycles. The van der Waals surface area contributed by atoms with E-state index in [1.807, 2.05) is 0 Å². The second kappa shape index (κ2) is 3.78. The van der Waals surface area contributed by atoms with Crippen LogP contribution in [0, 0.1) is 0 Å². The first-order valence-corrected chi connectivity index (χ1v) is 7.30. The Bertz CT molecular complexity index is 590. The average Bonchev–Trinajstić information content (AvgIpc) is 2.83. The van der Waals surface area contributed by atoms with E-state index in [1.54, 1.807) is 11.3 Å². The Balaban J connectivity index is 1.96. The summed E-state index contributed by atoms with van der Waals surface area (Å²) in [5, 5.41) is 11.2. The molecule has 0 bridgehead atoms. The molecule has 2 aromatic rings. The summed E-state index contributed by atoms with van der Waals surface area (Å²) < 4.78 is 1.24. The molecule has 0 saturated heterocycles. The number of thiazole rings is 1. The predicted octanol–water partition coefficient (Wildman–Crippen LogP) is 3.66. The van der Waals surface area contributed by atoms with Crippen LogP contribution in [-0.4, -0.2) is 15.7 Å². The van der Waals surface area contributed by atoms with Crippen LogP contribution in [0.4, 0.5) is 0 Å². The molecule has 0 spiro atoms. The van der Waals surface area contributed by atoms with Gasteiger partial charge in [0, 0.05) is 11.8 Å². The molecular formula is C15H19NOS. The summed E-state index contributed by atoms with van der Waals surface area (Å²) in [7, 11) is 0. The van der Waals surface area contributed by atoms with E-state index in [4.69, 9.17) is 4.98 Å². The Hall–Kier alpha value is -0.930. The van der Waals surface area contributed by atoms with Crippen molar-refractivity contribution in [2.75, 3.05) is 0 Å². The van der Waals surface area contributed by atoms with Crippen LogP contribution in [0.15, 0.2) is 18.2 Å². The number of benzene rings is 1. The van der Waals surface area contributed by atoms with Crippen molar-refractivity contribution >= 4 is 21.6 Å². The molecule has 1 aromatic heterocycles. The summed E-state index contributed by atoms with van der Waals surface area (Å²) in [6.07, 6.45) is 2.67. The van der Waals surface area contributed by atoms with Gasteiger partial charge in [0.1, 0.15) is 0 Å². The molecule has 96 valence electrons. The van der Waals surface area contributed by atoms with E-state index in [0.717, 1.165) is 24.8 Å². The first kappa shape index (κ1) is 12.1. The van der Waals surface area contributed by atoms with Gasteiger partial charge < -0.3 is 5.11 Å². The van der Waals surface area contributed by atoms with Crippen molar-refractivity contribution in [1.29, 1.82) is 0 Å². The summed E-state index contributed by atoms with van der Waals surface area (Å²) in [5.74, 6) is 0. The quantitative estimate of drug-likeness (QED) is 0.895. The van der Waals surface area contributed by atoms with Crippen LogP contribution in [0.2, 0.25) is 0 Å². The van der Waals surface area contributed by atoms with Gasteiger partial charge in [-0.25, -0.2) is 4.98 Å². The fourth-order valence-electron chi connectivity index (χ4n) is 2.10. The van der Waals surface area contributed by atoms with E-state index >= 15 is 0 Å². The highest BCUT2D eigenvalue weighted by molar-refractivity contribution is 7.18. The minimum atomic E-state index is -0.411. The molecule has 3 rings (SSSR count). The number of rotatable bonds is 2. The minimum Gasteiger partial charge on any atom is -0.390 e. The summed E-state index contributed by atoms with van der Waals surface area (Å²) in [4.78, 5) is 4.69. The third-order valence-corrected chi connectivity index (χ3v) is 4.90. The predicted molar refractivity (Wildman–Crippen MR) is 76.2 cm³/mol. The average molecular weight is 261 g/mol. The van der Waals surface area contributed by atoms with Crippen LogP contribution in [0.1, 0.15) is 44.2 Å². The molecule has 1 aliphatic rings. The summed E-state index contributed by atoms with van der Waals surface area (Å²) in [6.45, 7) is 6.58. The fourth-order valence-corrected chi connectivity index (χ4v) is 3.19. The van der Waals surface area contributed by atoms with Crippen molar-refractivity contribution in [3.8, 4) is 0 Å². The van der Waals surface area contributed by atoms with Crippen molar-refractivity contribution in [2.45, 2.75) is 51.0 Å². The molecule has 1 heterocycles. The maximum Gasteiger partial charge on any atom is 0.0992 e. The Morgan fingerprint density at radius 3 is 2.67 bits per heavy atom. The fraction of sp³-hybridized carbons (Fsp3) is 0.533. The second-order valence-corrected chi connectivity index (χ2v) is 7.50. The number of aromatic nitrogens is 1. The van der Waals surface area contributed by atoms with Crippen LogP contribution in [0.3, 0.4) is 0 Å². The van der Waals surface area contributed by atoms with Crippen LogP contribution in [-0.2, 0) is 11.8 Å². The Labute approximate surface area is 112 Å². The number of hydrogen-bond acceptors (Lipinski definition) is 3. The smallest absolute Gasteiger partial charge is 0.0992 e. The molecule has 1 aliphatic carbocycles. The zero-order chi connectivity index (χ0) is 13.0. The molecular weight excluding hydrogens is 242 g/mol. The summed E-state index contributed by atoms with van der Waals surface area (Å²) in [6, 6.07) is 6.38. The standard InChI is InChI=1S/C15H19NOS/c1-14(2,3)13-16-11-5-4-10(8-12(11)18-13)9-15(17)6-7-15/h4-5,8,17H,6-7,9H2,1-3H3. The molecule has 1 fully saturated rings.